The van der Waals surface area contributed by atoms with Crippen molar-refractivity contribution in [2.24, 2.45) is 5.92 Å². The predicted octanol–water partition coefficient (Wildman–Crippen LogP) is 3.37. The number of benzene rings is 1. The van der Waals surface area contributed by atoms with Crippen LogP contribution in [0.1, 0.15) is 57.1 Å². The van der Waals surface area contributed by atoms with Gasteiger partial charge in [0.15, 0.2) is 0 Å². The van der Waals surface area contributed by atoms with Crippen molar-refractivity contribution in [1.29, 1.82) is 0 Å². The van der Waals surface area contributed by atoms with E-state index in [0.29, 0.717) is 37.6 Å². The minimum Gasteiger partial charge on any atom is -0.494 e. The molecular weight excluding hydrogens is 364 g/mol. The molecule has 2 N–H and O–H groups in total. The number of nitrogens with one attached hydrogen (secondary N) is 2. The summed E-state index contributed by atoms with van der Waals surface area (Å²) in [5.74, 6) is 2.46. The molecule has 150 valence electrons. The molecule has 4 rings (SSSR count). The van der Waals surface area contributed by atoms with Crippen LogP contribution in [0.5, 0.6) is 11.5 Å². The van der Waals surface area contributed by atoms with Gasteiger partial charge in [-0.05, 0) is 57.6 Å². The highest BCUT2D eigenvalue weighted by atomic mass is 35.5. The monoisotopic (exact) mass is 394 g/mol. The Hall–Kier alpha value is -1.46. The zero-order valence-corrected chi connectivity index (χ0v) is 17.1. The SMILES string of the molecule is CCOc1cc2c(cc1CNC(=O)CC1CC3CCC(C1)N3)OC(C)C2.Cl. The van der Waals surface area contributed by atoms with Gasteiger partial charge in [-0.3, -0.25) is 4.79 Å². The third-order valence-corrected chi connectivity index (χ3v) is 5.90. The van der Waals surface area contributed by atoms with Crippen molar-refractivity contribution in [3.63, 3.8) is 0 Å². The van der Waals surface area contributed by atoms with Crippen molar-refractivity contribution in [3.05, 3.63) is 23.3 Å². The maximum Gasteiger partial charge on any atom is 0.220 e. The first kappa shape index (κ1) is 20.3. The number of rotatable bonds is 6. The zero-order chi connectivity index (χ0) is 18.1. The average molecular weight is 395 g/mol. The summed E-state index contributed by atoms with van der Waals surface area (Å²) < 4.78 is 11.7. The summed E-state index contributed by atoms with van der Waals surface area (Å²) in [5, 5.41) is 6.74. The minimum absolute atomic E-state index is 0. The van der Waals surface area contributed by atoms with E-state index in [4.69, 9.17) is 9.47 Å². The van der Waals surface area contributed by atoms with Gasteiger partial charge < -0.3 is 20.1 Å². The highest BCUT2D eigenvalue weighted by Gasteiger charge is 2.34. The molecule has 1 aromatic rings. The third kappa shape index (κ3) is 4.69. The number of hydrogen-bond donors (Lipinski definition) is 2. The van der Waals surface area contributed by atoms with Gasteiger partial charge in [-0.1, -0.05) is 0 Å². The number of amides is 1. The van der Waals surface area contributed by atoms with E-state index in [-0.39, 0.29) is 24.4 Å². The van der Waals surface area contributed by atoms with E-state index in [1.54, 1.807) is 0 Å². The number of carbonyl (C=O) groups is 1. The number of fused-ring (bicyclic) bond motifs is 3. The Labute approximate surface area is 168 Å². The van der Waals surface area contributed by atoms with Gasteiger partial charge in [0.1, 0.15) is 17.6 Å². The van der Waals surface area contributed by atoms with E-state index in [1.165, 1.54) is 18.4 Å². The lowest BCUT2D eigenvalue weighted by molar-refractivity contribution is -0.122. The molecular formula is C21H31ClN2O3. The summed E-state index contributed by atoms with van der Waals surface area (Å²) in [7, 11) is 0. The number of halogens is 1. The first-order chi connectivity index (χ1) is 12.6. The highest BCUT2D eigenvalue weighted by molar-refractivity contribution is 5.85. The van der Waals surface area contributed by atoms with Crippen LogP contribution in [0.15, 0.2) is 12.1 Å². The smallest absolute Gasteiger partial charge is 0.220 e. The Morgan fingerprint density at radius 1 is 1.30 bits per heavy atom. The molecule has 1 aromatic carbocycles. The number of piperidine rings is 1. The summed E-state index contributed by atoms with van der Waals surface area (Å²) >= 11 is 0. The molecule has 0 saturated carbocycles. The van der Waals surface area contributed by atoms with E-state index in [9.17, 15) is 4.79 Å². The topological polar surface area (TPSA) is 59.6 Å². The third-order valence-electron chi connectivity index (χ3n) is 5.90. The Balaban J connectivity index is 0.00000210. The van der Waals surface area contributed by atoms with Crippen LogP contribution in [-0.4, -0.2) is 30.7 Å². The predicted molar refractivity (Wildman–Crippen MR) is 108 cm³/mol. The van der Waals surface area contributed by atoms with Crippen LogP contribution in [0.4, 0.5) is 0 Å². The first-order valence-electron chi connectivity index (χ1n) is 10.1. The standard InChI is InChI=1S/C21H30N2O3.ClH/c1-3-25-19-10-15-6-13(2)26-20(15)11-16(19)12-22-21(24)9-14-7-17-4-5-18(8-14)23-17;/h10-11,13-14,17-18,23H,3-9,12H2,1-2H3,(H,22,24);1H. The van der Waals surface area contributed by atoms with E-state index < -0.39 is 0 Å². The fourth-order valence-corrected chi connectivity index (χ4v) is 4.78. The van der Waals surface area contributed by atoms with E-state index in [0.717, 1.165) is 36.3 Å². The Kier molecular flexibility index (Phi) is 6.53. The van der Waals surface area contributed by atoms with Crippen molar-refractivity contribution in [1.82, 2.24) is 10.6 Å². The van der Waals surface area contributed by atoms with Crippen LogP contribution in [-0.2, 0) is 17.8 Å². The van der Waals surface area contributed by atoms with Crippen LogP contribution in [0.3, 0.4) is 0 Å². The van der Waals surface area contributed by atoms with Crippen LogP contribution in [0.2, 0.25) is 0 Å². The first-order valence-corrected chi connectivity index (χ1v) is 10.1. The fourth-order valence-electron chi connectivity index (χ4n) is 4.78. The van der Waals surface area contributed by atoms with Crippen molar-refractivity contribution >= 4 is 18.3 Å². The maximum absolute atomic E-state index is 12.5. The largest absolute Gasteiger partial charge is 0.494 e. The molecule has 2 saturated heterocycles. The number of hydrogen-bond acceptors (Lipinski definition) is 4. The Bertz CT molecular complexity index is 670. The molecule has 27 heavy (non-hydrogen) atoms. The van der Waals surface area contributed by atoms with E-state index in [1.807, 2.05) is 13.0 Å². The summed E-state index contributed by atoms with van der Waals surface area (Å²) in [4.78, 5) is 12.5. The molecule has 3 atom stereocenters. The Morgan fingerprint density at radius 3 is 2.74 bits per heavy atom. The van der Waals surface area contributed by atoms with E-state index >= 15 is 0 Å². The molecule has 2 fully saturated rings. The van der Waals surface area contributed by atoms with Gasteiger partial charge in [0.05, 0.1) is 6.61 Å². The lowest BCUT2D eigenvalue weighted by Crippen LogP contribution is -2.39. The van der Waals surface area contributed by atoms with Crippen molar-refractivity contribution < 1.29 is 14.3 Å². The normalized spacial score (nSPS) is 28.1. The second-order valence-electron chi connectivity index (χ2n) is 8.09. The lowest BCUT2D eigenvalue weighted by Gasteiger charge is -2.28. The number of carbonyl (C=O) groups excluding carboxylic acids is 1. The summed E-state index contributed by atoms with van der Waals surface area (Å²) in [5.41, 5.74) is 2.19. The lowest BCUT2D eigenvalue weighted by atomic mass is 9.89. The summed E-state index contributed by atoms with van der Waals surface area (Å²) in [6.45, 7) is 5.18. The molecule has 3 aliphatic heterocycles. The quantitative estimate of drug-likeness (QED) is 0.776. The molecule has 3 unspecified atom stereocenters. The Morgan fingerprint density at radius 2 is 2.04 bits per heavy atom. The zero-order valence-electron chi connectivity index (χ0n) is 16.3. The molecule has 2 bridgehead atoms. The molecule has 6 heteroatoms. The molecule has 0 spiro atoms. The van der Waals surface area contributed by atoms with E-state index in [2.05, 4.69) is 23.6 Å². The molecule has 3 aliphatic rings. The van der Waals surface area contributed by atoms with Crippen molar-refractivity contribution in [2.75, 3.05) is 6.61 Å². The highest BCUT2D eigenvalue weighted by Crippen LogP contribution is 2.35. The molecule has 5 nitrogen and oxygen atoms in total. The van der Waals surface area contributed by atoms with Gasteiger partial charge in [0, 0.05) is 42.6 Å². The molecule has 0 radical (unpaired) electrons. The van der Waals surface area contributed by atoms with Gasteiger partial charge in [0.2, 0.25) is 5.91 Å². The van der Waals surface area contributed by atoms with Gasteiger partial charge in [-0.2, -0.15) is 0 Å². The summed E-state index contributed by atoms with van der Waals surface area (Å²) in [6, 6.07) is 5.38. The average Bonchev–Trinajstić information content (AvgIpc) is 3.13. The maximum atomic E-state index is 12.5. The second kappa shape index (κ2) is 8.70. The van der Waals surface area contributed by atoms with Gasteiger partial charge in [-0.15, -0.1) is 12.4 Å². The van der Waals surface area contributed by atoms with Crippen LogP contribution in [0, 0.1) is 5.92 Å². The molecule has 3 heterocycles. The molecule has 1 amide bonds. The number of ether oxygens (including phenoxy) is 2. The second-order valence-corrected chi connectivity index (χ2v) is 8.09. The van der Waals surface area contributed by atoms with Crippen LogP contribution in [0.25, 0.3) is 0 Å². The van der Waals surface area contributed by atoms with Crippen LogP contribution >= 0.6 is 12.4 Å². The summed E-state index contributed by atoms with van der Waals surface area (Å²) in [6.07, 6.45) is 6.58. The van der Waals surface area contributed by atoms with Crippen molar-refractivity contribution in [2.45, 2.75) is 77.1 Å². The van der Waals surface area contributed by atoms with Gasteiger partial charge in [0.25, 0.3) is 0 Å². The van der Waals surface area contributed by atoms with Crippen molar-refractivity contribution in [3.8, 4) is 11.5 Å². The molecule has 0 aliphatic carbocycles. The minimum atomic E-state index is 0. The van der Waals surface area contributed by atoms with Gasteiger partial charge in [-0.25, -0.2) is 0 Å². The van der Waals surface area contributed by atoms with Crippen LogP contribution < -0.4 is 20.1 Å². The van der Waals surface area contributed by atoms with Gasteiger partial charge >= 0.3 is 0 Å². The fraction of sp³-hybridized carbons (Fsp3) is 0.667. The molecule has 0 aromatic heterocycles.